The summed E-state index contributed by atoms with van der Waals surface area (Å²) in [4.78, 5) is 12.8. The van der Waals surface area contributed by atoms with Crippen LogP contribution in [0.1, 0.15) is 26.2 Å². The summed E-state index contributed by atoms with van der Waals surface area (Å²) in [6, 6.07) is 0. The molecule has 118 valence electrons. The molecule has 1 aliphatic heterocycles. The average Bonchev–Trinajstić information content (AvgIpc) is 2.84. The van der Waals surface area contributed by atoms with Crippen molar-refractivity contribution in [2.75, 3.05) is 30.3 Å². The number of hydrogen-bond acceptors (Lipinski definition) is 6. The number of rotatable bonds is 7. The molecule has 1 aromatic heterocycles. The Morgan fingerprint density at radius 1 is 1.52 bits per heavy atom. The Kier molecular flexibility index (Phi) is 5.86. The lowest BCUT2D eigenvalue weighted by Gasteiger charge is -2.32. The molecule has 0 bridgehead atoms. The van der Waals surface area contributed by atoms with Crippen molar-refractivity contribution >= 4 is 23.7 Å². The van der Waals surface area contributed by atoms with Crippen molar-refractivity contribution in [2.45, 2.75) is 37.4 Å². The quantitative estimate of drug-likeness (QED) is 0.762. The molecule has 1 N–H and O–H groups in total. The summed E-state index contributed by atoms with van der Waals surface area (Å²) in [5, 5.41) is 17.6. The lowest BCUT2D eigenvalue weighted by Crippen LogP contribution is -2.41. The Balaban J connectivity index is 1.99. The minimum Gasteiger partial charge on any atom is -0.481 e. The number of hydrogen-bond donors (Lipinski definition) is 1. The highest BCUT2D eigenvalue weighted by molar-refractivity contribution is 7.99. The highest BCUT2D eigenvalue weighted by atomic mass is 32.2. The van der Waals surface area contributed by atoms with Crippen molar-refractivity contribution in [1.29, 1.82) is 0 Å². The van der Waals surface area contributed by atoms with Gasteiger partial charge in [0.1, 0.15) is 0 Å². The fourth-order valence-electron chi connectivity index (χ4n) is 2.37. The average molecular weight is 314 g/mol. The van der Waals surface area contributed by atoms with Crippen molar-refractivity contribution < 1.29 is 14.6 Å². The minimum atomic E-state index is -0.851. The van der Waals surface area contributed by atoms with E-state index in [-0.39, 0.29) is 11.9 Å². The Bertz CT molecular complexity index is 480. The number of ether oxygens (including phenoxy) is 1. The van der Waals surface area contributed by atoms with Gasteiger partial charge in [-0.05, 0) is 19.3 Å². The van der Waals surface area contributed by atoms with Gasteiger partial charge in [-0.25, -0.2) is 0 Å². The molecule has 0 radical (unpaired) electrons. The number of aliphatic carboxylic acids is 1. The van der Waals surface area contributed by atoms with Gasteiger partial charge < -0.3 is 14.7 Å². The van der Waals surface area contributed by atoms with E-state index in [9.17, 15) is 4.79 Å². The van der Waals surface area contributed by atoms with Crippen LogP contribution in [-0.4, -0.2) is 57.4 Å². The smallest absolute Gasteiger partial charge is 0.313 e. The van der Waals surface area contributed by atoms with Crippen LogP contribution in [0, 0.1) is 0 Å². The number of carbonyl (C=O) groups is 1. The lowest BCUT2D eigenvalue weighted by atomic mass is 10.1. The third-order valence-corrected chi connectivity index (χ3v) is 4.36. The maximum Gasteiger partial charge on any atom is 0.313 e. The van der Waals surface area contributed by atoms with Crippen LogP contribution in [0.25, 0.3) is 0 Å². The summed E-state index contributed by atoms with van der Waals surface area (Å²) in [5.74, 6) is -0.0722. The predicted octanol–water partition coefficient (Wildman–Crippen LogP) is 1.39. The molecule has 0 spiro atoms. The summed E-state index contributed by atoms with van der Waals surface area (Å²) in [6.07, 6.45) is 3.41. The van der Waals surface area contributed by atoms with Gasteiger partial charge in [0.25, 0.3) is 0 Å². The molecule has 1 saturated heterocycles. The van der Waals surface area contributed by atoms with E-state index in [0.29, 0.717) is 5.16 Å². The van der Waals surface area contributed by atoms with E-state index in [1.165, 1.54) is 11.8 Å². The zero-order chi connectivity index (χ0) is 15.2. The van der Waals surface area contributed by atoms with Crippen LogP contribution < -0.4 is 4.90 Å². The number of carboxylic acids is 1. The SMILES string of the molecule is CCCOC1CCCN(c2nnc(SCC(=O)O)n2C)C1. The van der Waals surface area contributed by atoms with Crippen LogP contribution in [-0.2, 0) is 16.6 Å². The molecule has 1 unspecified atom stereocenters. The summed E-state index contributed by atoms with van der Waals surface area (Å²) in [5.41, 5.74) is 0. The van der Waals surface area contributed by atoms with Gasteiger partial charge in [-0.15, -0.1) is 10.2 Å². The lowest BCUT2D eigenvalue weighted by molar-refractivity contribution is -0.133. The van der Waals surface area contributed by atoms with Crippen molar-refractivity contribution in [1.82, 2.24) is 14.8 Å². The second-order valence-electron chi connectivity index (χ2n) is 5.11. The van der Waals surface area contributed by atoms with Crippen LogP contribution in [0.2, 0.25) is 0 Å². The third kappa shape index (κ3) is 4.34. The maximum atomic E-state index is 10.6. The van der Waals surface area contributed by atoms with Gasteiger partial charge in [0.05, 0.1) is 11.9 Å². The molecule has 7 nitrogen and oxygen atoms in total. The van der Waals surface area contributed by atoms with Gasteiger partial charge in [0.15, 0.2) is 5.16 Å². The molecule has 21 heavy (non-hydrogen) atoms. The van der Waals surface area contributed by atoms with Gasteiger partial charge >= 0.3 is 5.97 Å². The summed E-state index contributed by atoms with van der Waals surface area (Å²) >= 11 is 1.19. The van der Waals surface area contributed by atoms with Crippen LogP contribution in [0.4, 0.5) is 5.95 Å². The summed E-state index contributed by atoms with van der Waals surface area (Å²) in [7, 11) is 1.87. The second kappa shape index (κ2) is 7.65. The van der Waals surface area contributed by atoms with Gasteiger partial charge in [0, 0.05) is 26.7 Å². The second-order valence-corrected chi connectivity index (χ2v) is 6.05. The van der Waals surface area contributed by atoms with Crippen LogP contribution in [0.15, 0.2) is 5.16 Å². The first-order valence-corrected chi connectivity index (χ1v) is 8.21. The first-order chi connectivity index (χ1) is 10.1. The fraction of sp³-hybridized carbons (Fsp3) is 0.769. The van der Waals surface area contributed by atoms with E-state index in [0.717, 1.165) is 44.9 Å². The van der Waals surface area contributed by atoms with Gasteiger partial charge in [0.2, 0.25) is 5.95 Å². The monoisotopic (exact) mass is 314 g/mol. The third-order valence-electron chi connectivity index (χ3n) is 3.36. The molecule has 1 aliphatic rings. The zero-order valence-corrected chi connectivity index (χ0v) is 13.3. The Hall–Kier alpha value is -1.28. The van der Waals surface area contributed by atoms with Gasteiger partial charge in [-0.3, -0.25) is 9.36 Å². The Morgan fingerprint density at radius 3 is 3.05 bits per heavy atom. The molecule has 2 rings (SSSR count). The van der Waals surface area contributed by atoms with Crippen LogP contribution >= 0.6 is 11.8 Å². The number of thioether (sulfide) groups is 1. The molecular formula is C13H22N4O3S. The molecule has 0 saturated carbocycles. The van der Waals surface area contributed by atoms with E-state index < -0.39 is 5.97 Å². The van der Waals surface area contributed by atoms with Gasteiger partial charge in [-0.1, -0.05) is 18.7 Å². The topological polar surface area (TPSA) is 80.5 Å². The van der Waals surface area contributed by atoms with Crippen molar-refractivity contribution in [3.8, 4) is 0 Å². The van der Waals surface area contributed by atoms with Crippen LogP contribution in [0.3, 0.4) is 0 Å². The first kappa shape index (κ1) is 16.1. The van der Waals surface area contributed by atoms with E-state index in [4.69, 9.17) is 9.84 Å². The molecule has 1 atom stereocenters. The number of carboxylic acid groups (broad SMARTS) is 1. The van der Waals surface area contributed by atoms with Crippen molar-refractivity contribution in [3.05, 3.63) is 0 Å². The van der Waals surface area contributed by atoms with E-state index in [1.807, 2.05) is 11.6 Å². The molecule has 2 heterocycles. The highest BCUT2D eigenvalue weighted by Crippen LogP contribution is 2.23. The van der Waals surface area contributed by atoms with Crippen LogP contribution in [0.5, 0.6) is 0 Å². The Labute approximate surface area is 128 Å². The van der Waals surface area contributed by atoms with Crippen molar-refractivity contribution in [2.24, 2.45) is 7.05 Å². The molecule has 8 heteroatoms. The van der Waals surface area contributed by atoms with Gasteiger partial charge in [-0.2, -0.15) is 0 Å². The highest BCUT2D eigenvalue weighted by Gasteiger charge is 2.24. The first-order valence-electron chi connectivity index (χ1n) is 7.22. The molecule has 0 amide bonds. The standard InChI is InChI=1S/C13H22N4O3S/c1-3-7-20-10-5-4-6-17(8-10)12-14-15-13(16(12)2)21-9-11(18)19/h10H,3-9H2,1-2H3,(H,18,19). The maximum absolute atomic E-state index is 10.6. The minimum absolute atomic E-state index is 0.00574. The fourth-order valence-corrected chi connectivity index (χ4v) is 3.00. The van der Waals surface area contributed by atoms with E-state index in [2.05, 4.69) is 22.0 Å². The van der Waals surface area contributed by atoms with E-state index >= 15 is 0 Å². The number of piperidine rings is 1. The van der Waals surface area contributed by atoms with Crippen molar-refractivity contribution in [3.63, 3.8) is 0 Å². The number of anilines is 1. The molecule has 0 aliphatic carbocycles. The zero-order valence-electron chi connectivity index (χ0n) is 12.5. The molecular weight excluding hydrogens is 292 g/mol. The number of aromatic nitrogens is 3. The normalized spacial score (nSPS) is 19.0. The molecule has 1 aromatic rings. The largest absolute Gasteiger partial charge is 0.481 e. The summed E-state index contributed by atoms with van der Waals surface area (Å²) in [6.45, 7) is 4.64. The summed E-state index contributed by atoms with van der Waals surface area (Å²) < 4.78 is 7.68. The number of nitrogens with zero attached hydrogens (tertiary/aromatic N) is 4. The Morgan fingerprint density at radius 2 is 2.33 bits per heavy atom. The predicted molar refractivity (Wildman–Crippen MR) is 80.8 cm³/mol. The molecule has 0 aromatic carbocycles. The van der Waals surface area contributed by atoms with E-state index in [1.54, 1.807) is 0 Å². The molecule has 1 fully saturated rings.